The van der Waals surface area contributed by atoms with Crippen molar-refractivity contribution in [3.05, 3.63) is 108 Å². The first-order valence-electron chi connectivity index (χ1n) is 13.5. The van der Waals surface area contributed by atoms with Gasteiger partial charge in [0.15, 0.2) is 0 Å². The van der Waals surface area contributed by atoms with E-state index in [1.165, 1.54) is 27.6 Å². The van der Waals surface area contributed by atoms with Crippen LogP contribution in [-0.2, 0) is 0 Å². The number of imide groups is 1. The van der Waals surface area contributed by atoms with Gasteiger partial charge in [0, 0.05) is 12.2 Å². The third kappa shape index (κ3) is 4.23. The summed E-state index contributed by atoms with van der Waals surface area (Å²) in [6.07, 6.45) is 8.15. The molecule has 2 aliphatic rings. The lowest BCUT2D eigenvalue weighted by molar-refractivity contribution is 0.0540. The molecule has 1 aliphatic heterocycles. The lowest BCUT2D eigenvalue weighted by Crippen LogP contribution is -2.42. The Morgan fingerprint density at radius 2 is 1.61 bits per heavy atom. The number of aromatic nitrogens is 4. The van der Waals surface area contributed by atoms with Crippen LogP contribution in [0.2, 0.25) is 0 Å². The van der Waals surface area contributed by atoms with Gasteiger partial charge in [0.2, 0.25) is 5.95 Å². The highest BCUT2D eigenvalue weighted by atomic mass is 19.1. The van der Waals surface area contributed by atoms with E-state index < -0.39 is 11.6 Å². The number of imidazole rings is 1. The number of hydrogen-bond donors (Lipinski definition) is 1. The number of halogens is 2. The number of fused-ring (bicyclic) bond motifs is 2. The van der Waals surface area contributed by atoms with E-state index in [1.54, 1.807) is 55.0 Å². The highest BCUT2D eigenvalue weighted by Crippen LogP contribution is 2.40. The Balaban J connectivity index is 1.18. The fourth-order valence-corrected chi connectivity index (χ4v) is 6.05. The number of pyridine rings is 1. The monoisotopic (exact) mass is 550 g/mol. The average molecular weight is 551 g/mol. The largest absolute Gasteiger partial charge is 0.322 e. The van der Waals surface area contributed by atoms with Gasteiger partial charge in [0.1, 0.15) is 11.6 Å². The van der Waals surface area contributed by atoms with Crippen molar-refractivity contribution in [2.45, 2.75) is 37.6 Å². The van der Waals surface area contributed by atoms with Crippen LogP contribution in [0.15, 0.2) is 79.3 Å². The van der Waals surface area contributed by atoms with Crippen LogP contribution < -0.4 is 5.32 Å². The fourth-order valence-electron chi connectivity index (χ4n) is 6.05. The van der Waals surface area contributed by atoms with Crippen LogP contribution in [0.3, 0.4) is 0 Å². The van der Waals surface area contributed by atoms with Gasteiger partial charge in [-0.05, 0) is 73.2 Å². The molecule has 1 fully saturated rings. The van der Waals surface area contributed by atoms with E-state index in [0.717, 1.165) is 24.8 Å². The molecule has 1 saturated carbocycles. The topological polar surface area (TPSA) is 92.5 Å². The van der Waals surface area contributed by atoms with E-state index in [9.17, 15) is 18.4 Å². The molecule has 0 radical (unpaired) electrons. The molecule has 3 aromatic heterocycles. The van der Waals surface area contributed by atoms with Crippen LogP contribution >= 0.6 is 0 Å². The number of amides is 2. The van der Waals surface area contributed by atoms with Crippen molar-refractivity contribution < 1.29 is 18.4 Å². The Morgan fingerprint density at radius 3 is 2.37 bits per heavy atom. The highest BCUT2D eigenvalue weighted by molar-refractivity contribution is 6.21. The Hall–Kier alpha value is -4.99. The summed E-state index contributed by atoms with van der Waals surface area (Å²) in [4.78, 5) is 36.5. The zero-order valence-electron chi connectivity index (χ0n) is 21.8. The van der Waals surface area contributed by atoms with E-state index in [0.29, 0.717) is 34.7 Å². The number of hydrogen-bond acceptors (Lipinski definition) is 6. The minimum Gasteiger partial charge on any atom is -0.322 e. The molecule has 5 aromatic rings. The highest BCUT2D eigenvalue weighted by Gasteiger charge is 2.41. The van der Waals surface area contributed by atoms with Crippen LogP contribution in [-0.4, -0.2) is 42.3 Å². The molecule has 0 spiro atoms. The van der Waals surface area contributed by atoms with Crippen LogP contribution in [0.4, 0.5) is 20.4 Å². The minimum atomic E-state index is -0.703. The van der Waals surface area contributed by atoms with Crippen molar-refractivity contribution in [1.82, 2.24) is 24.5 Å². The molecule has 2 amide bonds. The molecule has 7 rings (SSSR count). The van der Waals surface area contributed by atoms with Crippen molar-refractivity contribution in [2.75, 3.05) is 5.32 Å². The van der Waals surface area contributed by atoms with Crippen LogP contribution in [0.25, 0.3) is 16.8 Å². The molecule has 2 atom stereocenters. The van der Waals surface area contributed by atoms with Crippen LogP contribution in [0.5, 0.6) is 0 Å². The summed E-state index contributed by atoms with van der Waals surface area (Å²) < 4.78 is 30.4. The lowest BCUT2D eigenvalue weighted by atomic mass is 9.80. The first kappa shape index (κ1) is 25.0. The van der Waals surface area contributed by atoms with Crippen molar-refractivity contribution in [2.24, 2.45) is 0 Å². The second-order valence-electron chi connectivity index (χ2n) is 10.4. The number of nitrogens with zero attached hydrogens (tertiary/aromatic N) is 5. The van der Waals surface area contributed by atoms with Gasteiger partial charge in [0.05, 0.1) is 46.0 Å². The maximum atomic E-state index is 14.5. The van der Waals surface area contributed by atoms with E-state index in [4.69, 9.17) is 0 Å². The fraction of sp³-hybridized carbons (Fsp3) is 0.194. The molecule has 8 nitrogen and oxygen atoms in total. The summed E-state index contributed by atoms with van der Waals surface area (Å²) in [5.74, 6) is -1.45. The van der Waals surface area contributed by atoms with Crippen molar-refractivity contribution >= 4 is 29.0 Å². The predicted octanol–water partition coefficient (Wildman–Crippen LogP) is 6.14. The maximum absolute atomic E-state index is 14.5. The smallest absolute Gasteiger partial charge is 0.261 e. The molecule has 2 aromatic carbocycles. The Kier molecular flexibility index (Phi) is 6.03. The summed E-state index contributed by atoms with van der Waals surface area (Å²) in [5, 5.41) is 7.78. The second-order valence-corrected chi connectivity index (χ2v) is 10.4. The van der Waals surface area contributed by atoms with E-state index >= 15 is 0 Å². The molecule has 0 unspecified atom stereocenters. The lowest BCUT2D eigenvalue weighted by Gasteiger charge is -2.35. The van der Waals surface area contributed by atoms with Crippen LogP contribution in [0, 0.1) is 11.6 Å². The van der Waals surface area contributed by atoms with Gasteiger partial charge in [-0.25, -0.2) is 13.8 Å². The number of nitrogens with one attached hydrogen (secondary N) is 1. The third-order valence-electron chi connectivity index (χ3n) is 7.98. The molecule has 204 valence electrons. The molecular formula is C31H24F2N6O2. The van der Waals surface area contributed by atoms with Gasteiger partial charge in [0.25, 0.3) is 11.8 Å². The van der Waals surface area contributed by atoms with E-state index in [1.807, 2.05) is 6.07 Å². The quantitative estimate of drug-likeness (QED) is 0.265. The number of benzene rings is 2. The molecule has 1 N–H and O–H groups in total. The van der Waals surface area contributed by atoms with E-state index in [-0.39, 0.29) is 35.0 Å². The first-order chi connectivity index (χ1) is 20.0. The Bertz CT molecular complexity index is 1780. The summed E-state index contributed by atoms with van der Waals surface area (Å²) in [7, 11) is 0. The van der Waals surface area contributed by atoms with Crippen LogP contribution in [0.1, 0.15) is 57.9 Å². The summed E-state index contributed by atoms with van der Waals surface area (Å²) in [6.45, 7) is 0. The van der Waals surface area contributed by atoms with Crippen molar-refractivity contribution in [3.63, 3.8) is 0 Å². The van der Waals surface area contributed by atoms with Gasteiger partial charge in [-0.1, -0.05) is 24.6 Å². The van der Waals surface area contributed by atoms with Gasteiger partial charge >= 0.3 is 0 Å². The number of carbonyl (C=O) groups is 2. The molecule has 1 aliphatic carbocycles. The van der Waals surface area contributed by atoms with Gasteiger partial charge in [-0.15, -0.1) is 0 Å². The molecule has 0 saturated heterocycles. The average Bonchev–Trinajstić information content (AvgIpc) is 3.50. The summed E-state index contributed by atoms with van der Waals surface area (Å²) in [5.41, 5.74) is 3.17. The van der Waals surface area contributed by atoms with E-state index in [2.05, 4.69) is 20.4 Å². The molecular weight excluding hydrogens is 526 g/mol. The molecule has 41 heavy (non-hydrogen) atoms. The number of anilines is 2. The predicted molar refractivity (Wildman–Crippen MR) is 148 cm³/mol. The Labute approximate surface area is 233 Å². The minimum absolute atomic E-state index is 0.0609. The molecule has 10 heteroatoms. The second kappa shape index (κ2) is 9.88. The summed E-state index contributed by atoms with van der Waals surface area (Å²) in [6, 6.07) is 15.6. The zero-order valence-corrected chi connectivity index (χ0v) is 21.8. The molecule has 0 bridgehead atoms. The zero-order chi connectivity index (χ0) is 28.1. The van der Waals surface area contributed by atoms with Gasteiger partial charge in [-0.3, -0.25) is 19.5 Å². The standard InChI is InChI=1S/C31H24F2N6O2/c32-24-9-4-10-25(33)28(24)26-12-11-20-16-35-31(39(20)37-26)36-27-17-34-14-13-21(27)18-5-3-6-19(15-18)38-29(40)22-7-1-2-8-23(22)30(38)41/h1-2,4,7-14,16-19H,3,5-6,15H2,(H,35,36)/t18-,19+/m1/s1. The maximum Gasteiger partial charge on any atom is 0.261 e. The number of rotatable bonds is 5. The van der Waals surface area contributed by atoms with Crippen molar-refractivity contribution in [1.29, 1.82) is 0 Å². The Morgan fingerprint density at radius 1 is 0.854 bits per heavy atom. The van der Waals surface area contributed by atoms with Gasteiger partial charge < -0.3 is 5.32 Å². The van der Waals surface area contributed by atoms with Crippen molar-refractivity contribution in [3.8, 4) is 11.3 Å². The SMILES string of the molecule is O=C1c2ccccc2C(=O)N1[C@H]1CCC[C@@H](c2ccncc2Nc2ncc3ccc(-c4c(F)cccc4F)nn23)C1. The third-order valence-corrected chi connectivity index (χ3v) is 7.98. The normalized spacial score (nSPS) is 18.6. The first-order valence-corrected chi connectivity index (χ1v) is 13.5. The van der Waals surface area contributed by atoms with Gasteiger partial charge in [-0.2, -0.15) is 9.61 Å². The molecule has 4 heterocycles. The summed E-state index contributed by atoms with van der Waals surface area (Å²) >= 11 is 0. The number of carbonyl (C=O) groups excluding carboxylic acids is 2.